The molecule has 1 aromatic heterocycles. The largest absolute Gasteiger partial charge is 0.389 e. The van der Waals surface area contributed by atoms with E-state index < -0.39 is 5.60 Å². The molecule has 2 heterocycles. The number of likely N-dealkylation sites (tertiary alicyclic amines) is 1. The Kier molecular flexibility index (Phi) is 3.77. The molecule has 0 spiro atoms. The molecule has 2 atom stereocenters. The summed E-state index contributed by atoms with van der Waals surface area (Å²) in [5, 5.41) is 10.6. The molecule has 1 saturated carbocycles. The lowest BCUT2D eigenvalue weighted by atomic mass is 9.71. The fraction of sp³-hybridized carbons (Fsp3) is 0.643. The molecule has 0 aromatic carbocycles. The van der Waals surface area contributed by atoms with E-state index in [0.29, 0.717) is 31.0 Å². The Balaban J connectivity index is 1.70. The van der Waals surface area contributed by atoms with Crippen molar-refractivity contribution in [3.05, 3.63) is 18.1 Å². The van der Waals surface area contributed by atoms with Crippen LogP contribution in [0.3, 0.4) is 0 Å². The predicted molar refractivity (Wildman–Crippen MR) is 77.3 cm³/mol. The van der Waals surface area contributed by atoms with Gasteiger partial charge in [-0.25, -0.2) is 15.8 Å². The number of hydrogen-bond donors (Lipinski definition) is 3. The lowest BCUT2D eigenvalue weighted by Gasteiger charge is -2.47. The molecule has 21 heavy (non-hydrogen) atoms. The van der Waals surface area contributed by atoms with E-state index in [1.807, 2.05) is 0 Å². The second kappa shape index (κ2) is 5.57. The zero-order chi connectivity index (χ0) is 14.9. The van der Waals surface area contributed by atoms with E-state index in [1.165, 1.54) is 12.4 Å². The predicted octanol–water partition coefficient (Wildman–Crippen LogP) is 0.529. The van der Waals surface area contributed by atoms with Gasteiger partial charge in [0.05, 0.1) is 18.0 Å². The van der Waals surface area contributed by atoms with Crippen LogP contribution in [-0.2, 0) is 0 Å². The van der Waals surface area contributed by atoms with Crippen LogP contribution in [0.15, 0.2) is 12.4 Å². The van der Waals surface area contributed by atoms with Gasteiger partial charge in [-0.2, -0.15) is 0 Å². The van der Waals surface area contributed by atoms with Crippen molar-refractivity contribution in [2.75, 3.05) is 18.5 Å². The second-order valence-electron chi connectivity index (χ2n) is 5.98. The number of carbonyl (C=O) groups excluding carboxylic acids is 1. The number of aliphatic hydroxyl groups is 1. The van der Waals surface area contributed by atoms with Crippen LogP contribution >= 0.6 is 0 Å². The quantitative estimate of drug-likeness (QED) is 0.542. The minimum Gasteiger partial charge on any atom is -0.389 e. The van der Waals surface area contributed by atoms with E-state index in [2.05, 4.69) is 15.4 Å². The normalized spacial score (nSPS) is 28.9. The number of hydrazine groups is 1. The molecule has 1 aliphatic carbocycles. The van der Waals surface area contributed by atoms with E-state index in [9.17, 15) is 9.90 Å². The number of piperidine rings is 1. The minimum absolute atomic E-state index is 0.126. The molecule has 1 amide bonds. The Hall–Kier alpha value is -1.73. The van der Waals surface area contributed by atoms with Gasteiger partial charge in [-0.1, -0.05) is 12.8 Å². The Labute approximate surface area is 123 Å². The first-order valence-electron chi connectivity index (χ1n) is 7.43. The Morgan fingerprint density at radius 2 is 2.24 bits per heavy atom. The molecular formula is C14H21N5O2. The van der Waals surface area contributed by atoms with Crippen molar-refractivity contribution < 1.29 is 9.90 Å². The molecular weight excluding hydrogens is 270 g/mol. The number of rotatable bonds is 2. The zero-order valence-electron chi connectivity index (χ0n) is 12.0. The molecule has 3 rings (SSSR count). The highest BCUT2D eigenvalue weighted by Gasteiger charge is 2.43. The maximum atomic E-state index is 12.5. The van der Waals surface area contributed by atoms with E-state index in [0.717, 1.165) is 25.7 Å². The van der Waals surface area contributed by atoms with E-state index in [-0.39, 0.29) is 11.8 Å². The number of amides is 1. The van der Waals surface area contributed by atoms with Crippen LogP contribution < -0.4 is 11.3 Å². The summed E-state index contributed by atoms with van der Waals surface area (Å²) in [5.41, 5.74) is 2.12. The number of nitrogens with one attached hydrogen (secondary N) is 1. The van der Waals surface area contributed by atoms with Crippen molar-refractivity contribution in [3.63, 3.8) is 0 Å². The standard InChI is InChI=1S/C14H21N5O2/c15-18-12-8-16-11(7-17-12)13(20)19-6-5-14(21)4-2-1-3-10(14)9-19/h7-8,10,21H,1-6,9,15H2,(H,17,18). The van der Waals surface area contributed by atoms with Crippen LogP contribution in [0.4, 0.5) is 5.82 Å². The topological polar surface area (TPSA) is 104 Å². The number of nitrogens with two attached hydrogens (primary N) is 1. The lowest BCUT2D eigenvalue weighted by molar-refractivity contribution is -0.0886. The third-order valence-electron chi connectivity index (χ3n) is 4.73. The summed E-state index contributed by atoms with van der Waals surface area (Å²) >= 11 is 0. The highest BCUT2D eigenvalue weighted by atomic mass is 16.3. The SMILES string of the molecule is NNc1cnc(C(=O)N2CCC3(O)CCCCC3C2)cn1. The summed E-state index contributed by atoms with van der Waals surface area (Å²) in [6.45, 7) is 1.18. The molecule has 2 aliphatic rings. The number of fused-ring (bicyclic) bond motifs is 1. The molecule has 7 nitrogen and oxygen atoms in total. The van der Waals surface area contributed by atoms with Crippen molar-refractivity contribution in [2.45, 2.75) is 37.7 Å². The lowest BCUT2D eigenvalue weighted by Crippen LogP contribution is -2.54. The number of hydrogen-bond acceptors (Lipinski definition) is 6. The summed E-state index contributed by atoms with van der Waals surface area (Å²) in [7, 11) is 0. The molecule has 2 fully saturated rings. The molecule has 7 heteroatoms. The van der Waals surface area contributed by atoms with Crippen LogP contribution in [0.25, 0.3) is 0 Å². The number of nitrogens with zero attached hydrogens (tertiary/aromatic N) is 3. The Bertz CT molecular complexity index is 521. The maximum absolute atomic E-state index is 12.5. The van der Waals surface area contributed by atoms with Gasteiger partial charge in [0.25, 0.3) is 5.91 Å². The fourth-order valence-corrected chi connectivity index (χ4v) is 3.43. The van der Waals surface area contributed by atoms with Crippen molar-refractivity contribution in [3.8, 4) is 0 Å². The van der Waals surface area contributed by atoms with E-state index in [4.69, 9.17) is 5.84 Å². The summed E-state index contributed by atoms with van der Waals surface area (Å²) in [6, 6.07) is 0. The highest BCUT2D eigenvalue weighted by molar-refractivity contribution is 5.92. The van der Waals surface area contributed by atoms with Gasteiger partial charge >= 0.3 is 0 Å². The average Bonchev–Trinajstić information content (AvgIpc) is 2.53. The molecule has 0 bridgehead atoms. The van der Waals surface area contributed by atoms with Crippen molar-refractivity contribution in [2.24, 2.45) is 11.8 Å². The number of nitrogen functional groups attached to an aromatic ring is 1. The second-order valence-corrected chi connectivity index (χ2v) is 5.98. The first kappa shape index (κ1) is 14.2. The average molecular weight is 291 g/mol. The molecule has 4 N–H and O–H groups in total. The van der Waals surface area contributed by atoms with Crippen molar-refractivity contribution in [1.29, 1.82) is 0 Å². The number of aromatic nitrogens is 2. The summed E-state index contributed by atoms with van der Waals surface area (Å²) in [5.74, 6) is 5.71. The van der Waals surface area contributed by atoms with Gasteiger partial charge in [-0.05, 0) is 19.3 Å². The Morgan fingerprint density at radius 1 is 1.38 bits per heavy atom. The molecule has 2 unspecified atom stereocenters. The maximum Gasteiger partial charge on any atom is 0.274 e. The number of carbonyl (C=O) groups is 1. The van der Waals surface area contributed by atoms with Gasteiger partial charge in [0.15, 0.2) is 5.82 Å². The van der Waals surface area contributed by atoms with Gasteiger partial charge in [-0.3, -0.25) is 4.79 Å². The van der Waals surface area contributed by atoms with Crippen molar-refractivity contribution in [1.82, 2.24) is 14.9 Å². The smallest absolute Gasteiger partial charge is 0.274 e. The first-order chi connectivity index (χ1) is 10.1. The third-order valence-corrected chi connectivity index (χ3v) is 4.73. The van der Waals surface area contributed by atoms with Crippen LogP contribution in [0.1, 0.15) is 42.6 Å². The van der Waals surface area contributed by atoms with Crippen molar-refractivity contribution >= 4 is 11.7 Å². The Morgan fingerprint density at radius 3 is 2.95 bits per heavy atom. The van der Waals surface area contributed by atoms with Crippen LogP contribution in [0, 0.1) is 5.92 Å². The van der Waals surface area contributed by atoms with Crippen LogP contribution in [0.2, 0.25) is 0 Å². The first-order valence-corrected chi connectivity index (χ1v) is 7.43. The zero-order valence-corrected chi connectivity index (χ0v) is 12.0. The van der Waals surface area contributed by atoms with Gasteiger partial charge < -0.3 is 15.4 Å². The van der Waals surface area contributed by atoms with E-state index in [1.54, 1.807) is 4.90 Å². The molecule has 1 aliphatic heterocycles. The van der Waals surface area contributed by atoms with E-state index >= 15 is 0 Å². The van der Waals surface area contributed by atoms with Crippen LogP contribution in [-0.4, -0.2) is 44.6 Å². The third kappa shape index (κ3) is 2.71. The molecule has 114 valence electrons. The van der Waals surface area contributed by atoms with Gasteiger partial charge in [-0.15, -0.1) is 0 Å². The van der Waals surface area contributed by atoms with Gasteiger partial charge in [0.2, 0.25) is 0 Å². The summed E-state index contributed by atoms with van der Waals surface area (Å²) in [6.07, 6.45) is 7.58. The number of anilines is 1. The van der Waals surface area contributed by atoms with Gasteiger partial charge in [0, 0.05) is 19.0 Å². The molecule has 0 radical (unpaired) electrons. The summed E-state index contributed by atoms with van der Waals surface area (Å²) in [4.78, 5) is 22.4. The fourth-order valence-electron chi connectivity index (χ4n) is 3.43. The summed E-state index contributed by atoms with van der Waals surface area (Å²) < 4.78 is 0. The monoisotopic (exact) mass is 291 g/mol. The van der Waals surface area contributed by atoms with Gasteiger partial charge in [0.1, 0.15) is 5.69 Å². The highest BCUT2D eigenvalue weighted by Crippen LogP contribution is 2.39. The molecule has 1 saturated heterocycles. The van der Waals surface area contributed by atoms with Crippen LogP contribution in [0.5, 0.6) is 0 Å². The molecule has 1 aromatic rings. The minimum atomic E-state index is -0.575.